The van der Waals surface area contributed by atoms with E-state index in [1.54, 1.807) is 0 Å². The van der Waals surface area contributed by atoms with Crippen molar-refractivity contribution in [2.45, 2.75) is 19.3 Å². The lowest BCUT2D eigenvalue weighted by molar-refractivity contribution is 0.850. The van der Waals surface area contributed by atoms with Crippen LogP contribution in [-0.2, 0) is 0 Å². The van der Waals surface area contributed by atoms with Crippen molar-refractivity contribution >= 4 is 11.6 Å². The fourth-order valence-electron chi connectivity index (χ4n) is 0.376. The minimum Gasteiger partial charge on any atom is -0.301 e. The Bertz CT molecular complexity index is 84.5. The molecule has 0 heterocycles. The van der Waals surface area contributed by atoms with E-state index < -0.39 is 0 Å². The number of rotatable bonds is 2. The first-order valence-electron chi connectivity index (χ1n) is 2.63. The molecular formula is C6H12ClN. The van der Waals surface area contributed by atoms with Gasteiger partial charge in [-0.25, -0.2) is 0 Å². The molecule has 0 rings (SSSR count). The molecule has 0 aromatic carbocycles. The summed E-state index contributed by atoms with van der Waals surface area (Å²) in [5.74, 6) is 0. The van der Waals surface area contributed by atoms with Crippen molar-refractivity contribution in [2.24, 2.45) is 0 Å². The van der Waals surface area contributed by atoms with Gasteiger partial charge in [-0.05, 0) is 20.9 Å². The molecule has 1 nitrogen and oxygen atoms in total. The van der Waals surface area contributed by atoms with Gasteiger partial charge in [0.1, 0.15) is 5.50 Å². The number of halogens is 1. The number of hydrogen-bond acceptors (Lipinski definition) is 1. The van der Waals surface area contributed by atoms with Gasteiger partial charge in [-0.3, -0.25) is 0 Å². The van der Waals surface area contributed by atoms with E-state index in [9.17, 15) is 0 Å². The maximum absolute atomic E-state index is 5.67. The molecule has 0 aliphatic rings. The summed E-state index contributed by atoms with van der Waals surface area (Å²) in [6.45, 7) is 4.04. The van der Waals surface area contributed by atoms with Crippen LogP contribution in [0.25, 0.3) is 0 Å². The third-order valence-electron chi connectivity index (χ3n) is 0.755. The van der Waals surface area contributed by atoms with Crippen molar-refractivity contribution < 1.29 is 0 Å². The first kappa shape index (κ1) is 7.99. The van der Waals surface area contributed by atoms with Gasteiger partial charge in [-0.1, -0.05) is 11.6 Å². The second-order valence-corrected chi connectivity index (χ2v) is 2.40. The lowest BCUT2D eigenvalue weighted by Crippen LogP contribution is -2.15. The second kappa shape index (κ2) is 3.93. The minimum absolute atomic E-state index is 0.0139. The van der Waals surface area contributed by atoms with E-state index in [1.165, 1.54) is 5.57 Å². The fourth-order valence-corrected chi connectivity index (χ4v) is 0.628. The summed E-state index contributed by atoms with van der Waals surface area (Å²) in [4.78, 5) is 0. The van der Waals surface area contributed by atoms with Crippen molar-refractivity contribution in [3.63, 3.8) is 0 Å². The van der Waals surface area contributed by atoms with E-state index in [0.717, 1.165) is 0 Å². The molecule has 2 heteroatoms. The zero-order valence-electron chi connectivity index (χ0n) is 5.53. The van der Waals surface area contributed by atoms with Crippen LogP contribution in [0.4, 0.5) is 0 Å². The molecule has 0 amide bonds. The molecular weight excluding hydrogens is 122 g/mol. The first-order chi connectivity index (χ1) is 3.66. The van der Waals surface area contributed by atoms with Gasteiger partial charge in [0.25, 0.3) is 0 Å². The number of nitrogens with one attached hydrogen (secondary N) is 1. The van der Waals surface area contributed by atoms with Crippen molar-refractivity contribution in [1.82, 2.24) is 5.32 Å². The van der Waals surface area contributed by atoms with Crippen LogP contribution in [-0.4, -0.2) is 12.5 Å². The number of alkyl halides is 1. The van der Waals surface area contributed by atoms with Crippen LogP contribution in [0.5, 0.6) is 0 Å². The van der Waals surface area contributed by atoms with Crippen LogP contribution < -0.4 is 5.32 Å². The standard InChI is InChI=1S/C6H12ClN/c1-5(2)4-6(7)8-3/h4,6,8H,1-3H3. The molecule has 0 aliphatic carbocycles. The molecule has 0 saturated carbocycles. The maximum atomic E-state index is 5.67. The van der Waals surface area contributed by atoms with Gasteiger partial charge >= 0.3 is 0 Å². The predicted octanol–water partition coefficient (Wildman–Crippen LogP) is 1.74. The summed E-state index contributed by atoms with van der Waals surface area (Å²) in [5.41, 5.74) is 1.22. The largest absolute Gasteiger partial charge is 0.301 e. The highest BCUT2D eigenvalue weighted by Gasteiger charge is 1.90. The molecule has 0 aromatic heterocycles. The van der Waals surface area contributed by atoms with E-state index in [2.05, 4.69) is 5.32 Å². The third-order valence-corrected chi connectivity index (χ3v) is 1.10. The number of allylic oxidation sites excluding steroid dienone is 1. The normalized spacial score (nSPS) is 13.0. The van der Waals surface area contributed by atoms with Crippen LogP contribution in [0.15, 0.2) is 11.6 Å². The molecule has 0 aromatic rings. The molecule has 0 radical (unpaired) electrons. The Labute approximate surface area is 55.7 Å². The molecule has 1 N–H and O–H groups in total. The van der Waals surface area contributed by atoms with Crippen LogP contribution in [0, 0.1) is 0 Å². The molecule has 1 unspecified atom stereocenters. The van der Waals surface area contributed by atoms with Crippen LogP contribution in [0.2, 0.25) is 0 Å². The van der Waals surface area contributed by atoms with Crippen molar-refractivity contribution in [3.8, 4) is 0 Å². The molecule has 48 valence electrons. The highest BCUT2D eigenvalue weighted by Crippen LogP contribution is 1.96. The Kier molecular flexibility index (Phi) is 3.92. The summed E-state index contributed by atoms with van der Waals surface area (Å²) >= 11 is 5.67. The highest BCUT2D eigenvalue weighted by atomic mass is 35.5. The van der Waals surface area contributed by atoms with Gasteiger partial charge in [0.2, 0.25) is 0 Å². The van der Waals surface area contributed by atoms with E-state index in [0.29, 0.717) is 0 Å². The van der Waals surface area contributed by atoms with E-state index in [1.807, 2.05) is 27.0 Å². The summed E-state index contributed by atoms with van der Waals surface area (Å²) in [6, 6.07) is 0. The Morgan fingerprint density at radius 2 is 2.12 bits per heavy atom. The smallest absolute Gasteiger partial charge is 0.101 e. The fraction of sp³-hybridized carbons (Fsp3) is 0.667. The number of hydrogen-bond donors (Lipinski definition) is 1. The van der Waals surface area contributed by atoms with Crippen LogP contribution in [0.1, 0.15) is 13.8 Å². The van der Waals surface area contributed by atoms with Crippen LogP contribution >= 0.6 is 11.6 Å². The predicted molar refractivity (Wildman–Crippen MR) is 38.1 cm³/mol. The molecule has 0 fully saturated rings. The topological polar surface area (TPSA) is 12.0 Å². The van der Waals surface area contributed by atoms with Gasteiger partial charge in [0.05, 0.1) is 0 Å². The average molecular weight is 134 g/mol. The monoisotopic (exact) mass is 133 g/mol. The van der Waals surface area contributed by atoms with Gasteiger partial charge < -0.3 is 5.32 Å². The first-order valence-corrected chi connectivity index (χ1v) is 3.07. The Morgan fingerprint density at radius 3 is 2.25 bits per heavy atom. The van der Waals surface area contributed by atoms with E-state index in [4.69, 9.17) is 11.6 Å². The van der Waals surface area contributed by atoms with Gasteiger partial charge in [0.15, 0.2) is 0 Å². The maximum Gasteiger partial charge on any atom is 0.101 e. The zero-order chi connectivity index (χ0) is 6.57. The number of likely N-dealkylation sites (N-methyl/N-ethyl adjacent to an activating group) is 1. The van der Waals surface area contributed by atoms with Crippen LogP contribution in [0.3, 0.4) is 0 Å². The van der Waals surface area contributed by atoms with Crippen molar-refractivity contribution in [3.05, 3.63) is 11.6 Å². The van der Waals surface area contributed by atoms with Gasteiger partial charge in [0, 0.05) is 0 Å². The molecule has 0 spiro atoms. The Balaban J connectivity index is 3.51. The molecule has 0 bridgehead atoms. The van der Waals surface area contributed by atoms with Gasteiger partial charge in [-0.2, -0.15) is 0 Å². The minimum atomic E-state index is -0.0139. The van der Waals surface area contributed by atoms with E-state index >= 15 is 0 Å². The lowest BCUT2D eigenvalue weighted by atomic mass is 10.3. The molecule has 8 heavy (non-hydrogen) atoms. The Hall–Kier alpha value is -0.0100. The zero-order valence-corrected chi connectivity index (χ0v) is 6.29. The van der Waals surface area contributed by atoms with Crippen molar-refractivity contribution in [1.29, 1.82) is 0 Å². The SMILES string of the molecule is CNC(Cl)C=C(C)C. The summed E-state index contributed by atoms with van der Waals surface area (Å²) in [5, 5.41) is 2.89. The van der Waals surface area contributed by atoms with Gasteiger partial charge in [-0.15, -0.1) is 11.6 Å². The molecule has 1 atom stereocenters. The molecule has 0 aliphatic heterocycles. The summed E-state index contributed by atoms with van der Waals surface area (Å²) in [6.07, 6.45) is 1.96. The third kappa shape index (κ3) is 4.16. The Morgan fingerprint density at radius 1 is 1.62 bits per heavy atom. The van der Waals surface area contributed by atoms with Crippen molar-refractivity contribution in [2.75, 3.05) is 7.05 Å². The lowest BCUT2D eigenvalue weighted by Gasteiger charge is -1.99. The summed E-state index contributed by atoms with van der Waals surface area (Å²) in [7, 11) is 1.83. The highest BCUT2D eigenvalue weighted by molar-refractivity contribution is 6.21. The second-order valence-electron chi connectivity index (χ2n) is 1.93. The average Bonchev–Trinajstić information content (AvgIpc) is 1.65. The van der Waals surface area contributed by atoms with E-state index in [-0.39, 0.29) is 5.50 Å². The quantitative estimate of drug-likeness (QED) is 0.344. The summed E-state index contributed by atoms with van der Waals surface area (Å²) < 4.78 is 0. The molecule has 0 saturated heterocycles.